The molecule has 33 heavy (non-hydrogen) atoms. The number of hydrogen-bond donors (Lipinski definition) is 2. The number of pyridine rings is 1. The molecule has 0 fully saturated rings. The highest BCUT2D eigenvalue weighted by Crippen LogP contribution is 2.29. The van der Waals surface area contributed by atoms with E-state index in [2.05, 4.69) is 15.6 Å². The van der Waals surface area contributed by atoms with Crippen LogP contribution in [0.25, 0.3) is 0 Å². The van der Waals surface area contributed by atoms with E-state index in [1.807, 2.05) is 0 Å². The third kappa shape index (κ3) is 4.72. The molecule has 1 atom stereocenters. The van der Waals surface area contributed by atoms with Gasteiger partial charge in [-0.2, -0.15) is 0 Å². The number of Topliss-reactive ketones (excluding diaryl/α,β-unsaturated/α-hetero) is 1. The molecule has 168 valence electrons. The van der Waals surface area contributed by atoms with Gasteiger partial charge in [0.1, 0.15) is 5.92 Å². The number of carbonyl (C=O) groups is 3. The fraction of sp³-hybridized carbons (Fsp3) is 0.167. The van der Waals surface area contributed by atoms with E-state index in [0.717, 1.165) is 17.7 Å². The number of aromatic nitrogens is 1. The molecule has 3 aromatic rings. The van der Waals surface area contributed by atoms with Gasteiger partial charge >= 0.3 is 0 Å². The Bertz CT molecular complexity index is 1260. The van der Waals surface area contributed by atoms with Crippen LogP contribution in [0.5, 0.6) is 5.88 Å². The summed E-state index contributed by atoms with van der Waals surface area (Å²) < 4.78 is 31.8. The first-order valence-electron chi connectivity index (χ1n) is 10.1. The molecular formula is C24H19F2N3O4. The van der Waals surface area contributed by atoms with E-state index in [4.69, 9.17) is 4.74 Å². The molecule has 7 nitrogen and oxygen atoms in total. The molecule has 1 unspecified atom stereocenters. The molecule has 1 aliphatic heterocycles. The van der Waals surface area contributed by atoms with Gasteiger partial charge in [0.15, 0.2) is 17.4 Å². The second-order valence-corrected chi connectivity index (χ2v) is 7.51. The maximum absolute atomic E-state index is 13.5. The van der Waals surface area contributed by atoms with Gasteiger partial charge < -0.3 is 15.4 Å². The predicted molar refractivity (Wildman–Crippen MR) is 115 cm³/mol. The SMILES string of the molecule is COc1cc(CNC(=O)c2ccc3c(c2)C(=O)C(Cc2ccc(F)c(F)c2)C(=O)N3)ccn1. The Morgan fingerprint density at radius 3 is 2.64 bits per heavy atom. The number of rotatable bonds is 6. The zero-order valence-electron chi connectivity index (χ0n) is 17.5. The van der Waals surface area contributed by atoms with E-state index < -0.39 is 35.1 Å². The highest BCUT2D eigenvalue weighted by Gasteiger charge is 2.35. The number of amides is 2. The summed E-state index contributed by atoms with van der Waals surface area (Å²) in [7, 11) is 1.49. The van der Waals surface area contributed by atoms with Crippen LogP contribution in [0.1, 0.15) is 31.8 Å². The maximum atomic E-state index is 13.5. The summed E-state index contributed by atoms with van der Waals surface area (Å²) in [6.07, 6.45) is 1.47. The smallest absolute Gasteiger partial charge is 0.251 e. The molecule has 2 amide bonds. The lowest BCUT2D eigenvalue weighted by Crippen LogP contribution is -2.37. The Hall–Kier alpha value is -4.14. The van der Waals surface area contributed by atoms with Crippen LogP contribution in [0.15, 0.2) is 54.7 Å². The Morgan fingerprint density at radius 1 is 1.06 bits per heavy atom. The number of carbonyl (C=O) groups excluding carboxylic acids is 3. The van der Waals surface area contributed by atoms with Crippen LogP contribution in [-0.4, -0.2) is 29.7 Å². The van der Waals surface area contributed by atoms with Crippen molar-refractivity contribution in [2.75, 3.05) is 12.4 Å². The van der Waals surface area contributed by atoms with E-state index in [1.54, 1.807) is 18.3 Å². The van der Waals surface area contributed by atoms with E-state index in [0.29, 0.717) is 17.1 Å². The molecule has 9 heteroatoms. The van der Waals surface area contributed by atoms with Gasteiger partial charge in [-0.3, -0.25) is 14.4 Å². The standard InChI is InChI=1S/C24H19F2N3O4/c1-33-21-10-14(6-7-27-21)12-28-23(31)15-3-5-20-16(11-15)22(30)17(24(32)29-20)8-13-2-4-18(25)19(26)9-13/h2-7,9-11,17H,8,12H2,1H3,(H,28,31)(H,29,32). The van der Waals surface area contributed by atoms with Crippen molar-refractivity contribution in [3.05, 3.63) is 88.6 Å². The molecule has 4 rings (SSSR count). The molecule has 2 aromatic carbocycles. The van der Waals surface area contributed by atoms with Gasteiger partial charge in [0.25, 0.3) is 5.91 Å². The summed E-state index contributed by atoms with van der Waals surface area (Å²) in [5.74, 6) is -4.20. The van der Waals surface area contributed by atoms with Crippen molar-refractivity contribution >= 4 is 23.3 Å². The molecule has 0 saturated heterocycles. The number of ketones is 1. The van der Waals surface area contributed by atoms with Gasteiger partial charge in [-0.1, -0.05) is 6.07 Å². The molecular weight excluding hydrogens is 432 g/mol. The lowest BCUT2D eigenvalue weighted by Gasteiger charge is -2.24. The van der Waals surface area contributed by atoms with Crippen molar-refractivity contribution in [3.8, 4) is 5.88 Å². The number of halogens is 2. The van der Waals surface area contributed by atoms with Crippen molar-refractivity contribution in [1.29, 1.82) is 0 Å². The highest BCUT2D eigenvalue weighted by atomic mass is 19.2. The van der Waals surface area contributed by atoms with Crippen molar-refractivity contribution in [2.45, 2.75) is 13.0 Å². The Kier molecular flexibility index (Phi) is 6.12. The fourth-order valence-corrected chi connectivity index (χ4v) is 3.57. The van der Waals surface area contributed by atoms with E-state index in [9.17, 15) is 23.2 Å². The zero-order valence-corrected chi connectivity index (χ0v) is 17.5. The van der Waals surface area contributed by atoms with E-state index in [1.165, 1.54) is 31.4 Å². The summed E-state index contributed by atoms with van der Waals surface area (Å²) in [5, 5.41) is 5.40. The molecule has 2 N–H and O–H groups in total. The number of ether oxygens (including phenoxy) is 1. The van der Waals surface area contributed by atoms with Gasteiger partial charge in [-0.05, 0) is 53.9 Å². The van der Waals surface area contributed by atoms with Gasteiger partial charge in [-0.25, -0.2) is 13.8 Å². The number of nitrogens with one attached hydrogen (secondary N) is 2. The first kappa shape index (κ1) is 22.1. The van der Waals surface area contributed by atoms with E-state index in [-0.39, 0.29) is 24.1 Å². The molecule has 0 aliphatic carbocycles. The average Bonchev–Trinajstić information content (AvgIpc) is 2.82. The summed E-state index contributed by atoms with van der Waals surface area (Å²) in [5.41, 5.74) is 1.81. The largest absolute Gasteiger partial charge is 0.481 e. The van der Waals surface area contributed by atoms with Gasteiger partial charge in [-0.15, -0.1) is 0 Å². The average molecular weight is 451 g/mol. The normalized spacial score (nSPS) is 14.9. The van der Waals surface area contributed by atoms with Crippen LogP contribution in [-0.2, 0) is 17.8 Å². The van der Waals surface area contributed by atoms with Crippen molar-refractivity contribution in [2.24, 2.45) is 5.92 Å². The van der Waals surface area contributed by atoms with Gasteiger partial charge in [0.2, 0.25) is 11.8 Å². The molecule has 0 spiro atoms. The number of benzene rings is 2. The second-order valence-electron chi connectivity index (χ2n) is 7.51. The lowest BCUT2D eigenvalue weighted by atomic mass is 9.86. The van der Waals surface area contributed by atoms with Crippen molar-refractivity contribution < 1.29 is 27.9 Å². The monoisotopic (exact) mass is 451 g/mol. The molecule has 1 aliphatic rings. The highest BCUT2D eigenvalue weighted by molar-refractivity contribution is 6.21. The minimum absolute atomic E-state index is 0.0956. The summed E-state index contributed by atoms with van der Waals surface area (Å²) in [6.45, 7) is 0.220. The summed E-state index contributed by atoms with van der Waals surface area (Å²) >= 11 is 0. The summed E-state index contributed by atoms with van der Waals surface area (Å²) in [6, 6.07) is 11.1. The quantitative estimate of drug-likeness (QED) is 0.561. The Labute approximate surface area is 187 Å². The minimum atomic E-state index is -1.12. The molecule has 0 radical (unpaired) electrons. The second kappa shape index (κ2) is 9.15. The third-order valence-electron chi connectivity index (χ3n) is 5.32. The minimum Gasteiger partial charge on any atom is -0.481 e. The van der Waals surface area contributed by atoms with Crippen LogP contribution in [0.2, 0.25) is 0 Å². The fourth-order valence-electron chi connectivity index (χ4n) is 3.57. The Balaban J connectivity index is 1.51. The number of hydrogen-bond acceptors (Lipinski definition) is 5. The number of nitrogens with zero attached hydrogens (tertiary/aromatic N) is 1. The van der Waals surface area contributed by atoms with Crippen LogP contribution in [0, 0.1) is 17.6 Å². The molecule has 1 aromatic heterocycles. The van der Waals surface area contributed by atoms with Gasteiger partial charge in [0.05, 0.1) is 12.8 Å². The molecule has 0 bridgehead atoms. The van der Waals surface area contributed by atoms with E-state index >= 15 is 0 Å². The summed E-state index contributed by atoms with van der Waals surface area (Å²) in [4.78, 5) is 42.1. The number of anilines is 1. The first-order valence-corrected chi connectivity index (χ1v) is 10.1. The first-order chi connectivity index (χ1) is 15.9. The third-order valence-corrected chi connectivity index (χ3v) is 5.32. The topological polar surface area (TPSA) is 97.4 Å². The molecule has 0 saturated carbocycles. The Morgan fingerprint density at radius 2 is 1.88 bits per heavy atom. The molecule has 2 heterocycles. The van der Waals surface area contributed by atoms with Crippen molar-refractivity contribution in [1.82, 2.24) is 10.3 Å². The number of fused-ring (bicyclic) bond motifs is 1. The van der Waals surface area contributed by atoms with Crippen LogP contribution >= 0.6 is 0 Å². The van der Waals surface area contributed by atoms with Crippen molar-refractivity contribution in [3.63, 3.8) is 0 Å². The number of methoxy groups -OCH3 is 1. The van der Waals surface area contributed by atoms with Crippen LogP contribution < -0.4 is 15.4 Å². The zero-order chi connectivity index (χ0) is 23.5. The maximum Gasteiger partial charge on any atom is 0.251 e. The van der Waals surface area contributed by atoms with Crippen LogP contribution in [0.3, 0.4) is 0 Å². The lowest BCUT2D eigenvalue weighted by molar-refractivity contribution is -0.118. The van der Waals surface area contributed by atoms with Crippen LogP contribution in [0.4, 0.5) is 14.5 Å². The van der Waals surface area contributed by atoms with Gasteiger partial charge in [0, 0.05) is 29.9 Å². The predicted octanol–water partition coefficient (Wildman–Crippen LogP) is 3.29.